The van der Waals surface area contributed by atoms with E-state index in [2.05, 4.69) is 5.32 Å². The number of para-hydroxylation sites is 2. The highest BCUT2D eigenvalue weighted by Gasteiger charge is 2.36. The van der Waals surface area contributed by atoms with Crippen LogP contribution in [0.25, 0.3) is 0 Å². The van der Waals surface area contributed by atoms with Crippen LogP contribution in [-0.2, 0) is 4.79 Å². The molecule has 0 saturated carbocycles. The van der Waals surface area contributed by atoms with Gasteiger partial charge in [-0.3, -0.25) is 9.69 Å². The van der Waals surface area contributed by atoms with Crippen LogP contribution in [0.3, 0.4) is 0 Å². The Morgan fingerprint density at radius 1 is 0.862 bits per heavy atom. The zero-order valence-electron chi connectivity index (χ0n) is 16.3. The van der Waals surface area contributed by atoms with Crippen LogP contribution in [0.1, 0.15) is 11.6 Å². The minimum atomic E-state index is -0.332. The predicted molar refractivity (Wildman–Crippen MR) is 114 cm³/mol. The van der Waals surface area contributed by atoms with Crippen LogP contribution in [0.5, 0.6) is 11.5 Å². The number of methoxy groups -OCH3 is 2. The van der Waals surface area contributed by atoms with E-state index < -0.39 is 0 Å². The van der Waals surface area contributed by atoms with Gasteiger partial charge in [-0.1, -0.05) is 36.4 Å². The van der Waals surface area contributed by atoms with Crippen LogP contribution < -0.4 is 19.7 Å². The van der Waals surface area contributed by atoms with E-state index >= 15 is 0 Å². The van der Waals surface area contributed by atoms with Gasteiger partial charge >= 0.3 is 0 Å². The molecule has 29 heavy (non-hydrogen) atoms. The molecule has 0 aliphatic carbocycles. The van der Waals surface area contributed by atoms with Gasteiger partial charge in [-0.15, -0.1) is 0 Å². The van der Waals surface area contributed by atoms with Crippen LogP contribution in [0, 0.1) is 0 Å². The molecule has 0 aromatic heterocycles. The summed E-state index contributed by atoms with van der Waals surface area (Å²) in [4.78, 5) is 15.1. The summed E-state index contributed by atoms with van der Waals surface area (Å²) in [7, 11) is 3.25. The number of anilines is 2. The number of hydrogen-bond acceptors (Lipinski definition) is 4. The first-order valence-corrected chi connectivity index (χ1v) is 9.35. The summed E-state index contributed by atoms with van der Waals surface area (Å²) in [5.74, 6) is 1.30. The van der Waals surface area contributed by atoms with Gasteiger partial charge in [-0.05, 0) is 48.5 Å². The molecule has 5 nitrogen and oxygen atoms in total. The normalized spacial score (nSPS) is 15.8. The van der Waals surface area contributed by atoms with Crippen LogP contribution in [-0.4, -0.2) is 20.1 Å². The number of benzene rings is 3. The number of amides is 1. The van der Waals surface area contributed by atoms with Crippen molar-refractivity contribution in [3.8, 4) is 11.5 Å². The maximum atomic E-state index is 13.4. The van der Waals surface area contributed by atoms with Crippen molar-refractivity contribution < 1.29 is 14.3 Å². The molecule has 0 radical (unpaired) electrons. The maximum Gasteiger partial charge on any atom is 0.275 e. The lowest BCUT2D eigenvalue weighted by atomic mass is 10.0. The topological polar surface area (TPSA) is 50.8 Å². The van der Waals surface area contributed by atoms with E-state index in [-0.39, 0.29) is 11.9 Å². The van der Waals surface area contributed by atoms with Crippen molar-refractivity contribution in [1.82, 2.24) is 0 Å². The third kappa shape index (κ3) is 3.67. The molecule has 0 unspecified atom stereocenters. The molecule has 146 valence electrons. The lowest BCUT2D eigenvalue weighted by molar-refractivity contribution is -0.114. The summed E-state index contributed by atoms with van der Waals surface area (Å²) in [6.45, 7) is 0. The highest BCUT2D eigenvalue weighted by Crippen LogP contribution is 2.40. The second kappa shape index (κ2) is 8.10. The summed E-state index contributed by atoms with van der Waals surface area (Å²) < 4.78 is 11.0. The Morgan fingerprint density at radius 3 is 2.21 bits per heavy atom. The number of nitrogens with zero attached hydrogens (tertiary/aromatic N) is 1. The van der Waals surface area contributed by atoms with Crippen molar-refractivity contribution in [2.24, 2.45) is 0 Å². The zero-order valence-corrected chi connectivity index (χ0v) is 16.3. The Morgan fingerprint density at radius 2 is 1.55 bits per heavy atom. The molecule has 5 heteroatoms. The van der Waals surface area contributed by atoms with Crippen molar-refractivity contribution in [2.45, 2.75) is 6.04 Å². The van der Waals surface area contributed by atoms with Crippen molar-refractivity contribution in [3.63, 3.8) is 0 Å². The molecule has 3 aromatic carbocycles. The number of ether oxygens (including phenoxy) is 2. The molecule has 0 fully saturated rings. The van der Waals surface area contributed by atoms with Crippen molar-refractivity contribution in [2.75, 3.05) is 24.4 Å². The standard InChI is InChI=1S/C24H22N2O3/c1-28-19-13-14-23(29-2)20(15-19)22-16-21(25-17-9-5-3-6-10-17)24(27)26(22)18-11-7-4-8-12-18/h3-16,22,25H,1-2H3/t22-/m0/s1. The fourth-order valence-corrected chi connectivity index (χ4v) is 3.50. The zero-order chi connectivity index (χ0) is 20.2. The highest BCUT2D eigenvalue weighted by atomic mass is 16.5. The molecule has 1 atom stereocenters. The third-order valence-electron chi connectivity index (χ3n) is 4.89. The van der Waals surface area contributed by atoms with Gasteiger partial charge in [-0.25, -0.2) is 0 Å². The monoisotopic (exact) mass is 386 g/mol. The van der Waals surface area contributed by atoms with Crippen molar-refractivity contribution in [1.29, 1.82) is 0 Å². The SMILES string of the molecule is COc1ccc(OC)c([C@@H]2C=C(Nc3ccccc3)C(=O)N2c2ccccc2)c1. The predicted octanol–water partition coefficient (Wildman–Crippen LogP) is 4.79. The van der Waals surface area contributed by atoms with Crippen LogP contribution in [0.2, 0.25) is 0 Å². The van der Waals surface area contributed by atoms with Crippen molar-refractivity contribution >= 4 is 17.3 Å². The fraction of sp³-hybridized carbons (Fsp3) is 0.125. The van der Waals surface area contributed by atoms with Gasteiger partial charge in [0, 0.05) is 16.9 Å². The molecule has 1 heterocycles. The average molecular weight is 386 g/mol. The van der Waals surface area contributed by atoms with Gasteiger partial charge in [0.25, 0.3) is 5.91 Å². The van der Waals surface area contributed by atoms with E-state index in [1.54, 1.807) is 19.1 Å². The van der Waals surface area contributed by atoms with Gasteiger partial charge in [0.05, 0.1) is 20.3 Å². The van der Waals surface area contributed by atoms with E-state index in [0.29, 0.717) is 17.2 Å². The number of rotatable bonds is 6. The quantitative estimate of drug-likeness (QED) is 0.662. The van der Waals surface area contributed by atoms with E-state index in [4.69, 9.17) is 9.47 Å². The van der Waals surface area contributed by atoms with Crippen LogP contribution >= 0.6 is 0 Å². The van der Waals surface area contributed by atoms with Gasteiger partial charge in [0.2, 0.25) is 0 Å². The summed E-state index contributed by atoms with van der Waals surface area (Å²) in [6.07, 6.45) is 1.93. The Bertz CT molecular complexity index is 1030. The molecular weight excluding hydrogens is 364 g/mol. The lowest BCUT2D eigenvalue weighted by Gasteiger charge is -2.26. The average Bonchev–Trinajstić information content (AvgIpc) is 3.10. The van der Waals surface area contributed by atoms with Gasteiger partial charge in [-0.2, -0.15) is 0 Å². The maximum absolute atomic E-state index is 13.4. The summed E-state index contributed by atoms with van der Waals surface area (Å²) in [5, 5.41) is 3.25. The Labute approximate surface area is 170 Å². The number of hydrogen-bond donors (Lipinski definition) is 1. The molecule has 1 amide bonds. The molecule has 4 rings (SSSR count). The second-order valence-corrected chi connectivity index (χ2v) is 6.63. The summed E-state index contributed by atoms with van der Waals surface area (Å²) >= 11 is 0. The first kappa shape index (κ1) is 18.6. The van der Waals surface area contributed by atoms with Crippen molar-refractivity contribution in [3.05, 3.63) is 96.2 Å². The Balaban J connectivity index is 1.80. The number of nitrogens with one attached hydrogen (secondary N) is 1. The van der Waals surface area contributed by atoms with Gasteiger partial charge in [0.1, 0.15) is 17.2 Å². The van der Waals surface area contributed by atoms with Crippen LogP contribution in [0.4, 0.5) is 11.4 Å². The molecular formula is C24H22N2O3. The molecule has 1 N–H and O–H groups in total. The fourth-order valence-electron chi connectivity index (χ4n) is 3.50. The van der Waals surface area contributed by atoms with E-state index in [0.717, 1.165) is 16.9 Å². The first-order valence-electron chi connectivity index (χ1n) is 9.35. The molecule has 3 aromatic rings. The first-order chi connectivity index (χ1) is 14.2. The van der Waals surface area contributed by atoms with Crippen LogP contribution in [0.15, 0.2) is 90.6 Å². The van der Waals surface area contributed by atoms with Gasteiger partial charge < -0.3 is 14.8 Å². The van der Waals surface area contributed by atoms with E-state index in [9.17, 15) is 4.79 Å². The third-order valence-corrected chi connectivity index (χ3v) is 4.89. The van der Waals surface area contributed by atoms with E-state index in [1.807, 2.05) is 84.9 Å². The number of carbonyl (C=O) groups excluding carboxylic acids is 1. The largest absolute Gasteiger partial charge is 0.497 e. The van der Waals surface area contributed by atoms with Gasteiger partial charge in [0.15, 0.2) is 0 Å². The second-order valence-electron chi connectivity index (χ2n) is 6.63. The molecule has 1 aliphatic rings. The molecule has 0 bridgehead atoms. The summed E-state index contributed by atoms with van der Waals surface area (Å²) in [6, 6.07) is 24.6. The smallest absolute Gasteiger partial charge is 0.275 e. The molecule has 0 spiro atoms. The number of carbonyl (C=O) groups is 1. The lowest BCUT2D eigenvalue weighted by Crippen LogP contribution is -2.31. The van der Waals surface area contributed by atoms with E-state index in [1.165, 1.54) is 0 Å². The minimum absolute atomic E-state index is 0.102. The molecule has 0 saturated heterocycles. The minimum Gasteiger partial charge on any atom is -0.497 e. The molecule has 1 aliphatic heterocycles. The highest BCUT2D eigenvalue weighted by molar-refractivity contribution is 6.11. The Kier molecular flexibility index (Phi) is 5.20. The summed E-state index contributed by atoms with van der Waals surface area (Å²) in [5.41, 5.74) is 3.05. The Hall–Kier alpha value is -3.73.